The molecule has 0 aromatic heterocycles. The molecule has 2 heteroatoms. The maximum Gasteiger partial charge on any atom is 0.308 e. The number of rotatable bonds is 24. The third-order valence-corrected chi connectivity index (χ3v) is 6.39. The summed E-state index contributed by atoms with van der Waals surface area (Å²) in [6, 6.07) is 0. The minimum absolute atomic E-state index is 0.0908. The minimum Gasteiger partial charge on any atom is -0.465 e. The van der Waals surface area contributed by atoms with Crippen molar-refractivity contribution in [2.75, 3.05) is 6.61 Å². The molecule has 0 saturated heterocycles. The van der Waals surface area contributed by atoms with E-state index in [0.717, 1.165) is 19.3 Å². The van der Waals surface area contributed by atoms with Gasteiger partial charge >= 0.3 is 5.97 Å². The molecule has 0 rings (SSSR count). The van der Waals surface area contributed by atoms with Crippen molar-refractivity contribution in [1.29, 1.82) is 0 Å². The molecular weight excluding hydrogens is 368 g/mol. The molecule has 0 radical (unpaired) electrons. The molecule has 0 N–H and O–H groups in total. The third-order valence-electron chi connectivity index (χ3n) is 6.39. The Labute approximate surface area is 190 Å². The largest absolute Gasteiger partial charge is 0.465 e. The van der Waals surface area contributed by atoms with Crippen LogP contribution < -0.4 is 0 Å². The second-order valence-corrected chi connectivity index (χ2v) is 9.45. The molecule has 0 aromatic rings. The van der Waals surface area contributed by atoms with Gasteiger partial charge in [0.15, 0.2) is 0 Å². The average molecular weight is 425 g/mol. The molecule has 180 valence electrons. The molecule has 0 heterocycles. The molecule has 0 spiro atoms. The number of ether oxygens (including phenoxy) is 1. The van der Waals surface area contributed by atoms with Crippen LogP contribution in [-0.4, -0.2) is 12.6 Å². The van der Waals surface area contributed by atoms with E-state index in [4.69, 9.17) is 4.74 Å². The van der Waals surface area contributed by atoms with E-state index in [1.807, 2.05) is 0 Å². The van der Waals surface area contributed by atoms with Gasteiger partial charge in [-0.15, -0.1) is 0 Å². The average Bonchev–Trinajstić information content (AvgIpc) is 2.75. The molecule has 0 aliphatic rings. The first-order chi connectivity index (χ1) is 14.8. The minimum atomic E-state index is 0.0908. The Morgan fingerprint density at radius 3 is 1.30 bits per heavy atom. The van der Waals surface area contributed by atoms with Gasteiger partial charge in [0.25, 0.3) is 0 Å². The van der Waals surface area contributed by atoms with E-state index < -0.39 is 0 Å². The summed E-state index contributed by atoms with van der Waals surface area (Å²) >= 11 is 0. The van der Waals surface area contributed by atoms with Gasteiger partial charge in [-0.1, -0.05) is 143 Å². The lowest BCUT2D eigenvalue weighted by Crippen LogP contribution is -2.18. The Kier molecular flexibility index (Phi) is 24.3. The highest BCUT2D eigenvalue weighted by atomic mass is 16.5. The lowest BCUT2D eigenvalue weighted by Gasteiger charge is -2.16. The summed E-state index contributed by atoms with van der Waals surface area (Å²) in [6.07, 6.45) is 28.1. The van der Waals surface area contributed by atoms with Crippen LogP contribution in [0.4, 0.5) is 0 Å². The van der Waals surface area contributed by atoms with E-state index in [-0.39, 0.29) is 11.9 Å². The van der Waals surface area contributed by atoms with Crippen molar-refractivity contribution >= 4 is 5.97 Å². The molecule has 0 fully saturated rings. The van der Waals surface area contributed by atoms with Crippen molar-refractivity contribution in [3.63, 3.8) is 0 Å². The van der Waals surface area contributed by atoms with Crippen LogP contribution in [0.3, 0.4) is 0 Å². The molecule has 2 nitrogen and oxygen atoms in total. The van der Waals surface area contributed by atoms with Gasteiger partial charge < -0.3 is 4.74 Å². The quantitative estimate of drug-likeness (QED) is 0.114. The number of hydrogen-bond acceptors (Lipinski definition) is 2. The van der Waals surface area contributed by atoms with E-state index >= 15 is 0 Å². The van der Waals surface area contributed by atoms with Crippen LogP contribution in [0, 0.1) is 5.92 Å². The topological polar surface area (TPSA) is 26.3 Å². The maximum absolute atomic E-state index is 12.6. The number of esters is 1. The lowest BCUT2D eigenvalue weighted by molar-refractivity contribution is -0.149. The van der Waals surface area contributed by atoms with Crippen molar-refractivity contribution < 1.29 is 9.53 Å². The fraction of sp³-hybridized carbons (Fsp3) is 0.964. The first-order valence-electron chi connectivity index (χ1n) is 13.9. The summed E-state index contributed by atoms with van der Waals surface area (Å²) in [7, 11) is 0. The van der Waals surface area contributed by atoms with Gasteiger partial charge in [0, 0.05) is 0 Å². The SMILES string of the molecule is CCCCCCCCCCCCC(CCCCC)C(=O)OCCCCCCCCC. The molecule has 0 aliphatic carbocycles. The number of unbranched alkanes of at least 4 members (excludes halogenated alkanes) is 17. The summed E-state index contributed by atoms with van der Waals surface area (Å²) in [5, 5.41) is 0. The molecule has 0 saturated carbocycles. The fourth-order valence-corrected chi connectivity index (χ4v) is 4.25. The van der Waals surface area contributed by atoms with Gasteiger partial charge in [-0.05, 0) is 19.3 Å². The van der Waals surface area contributed by atoms with Crippen LogP contribution in [-0.2, 0) is 9.53 Å². The van der Waals surface area contributed by atoms with E-state index in [2.05, 4.69) is 20.8 Å². The number of carbonyl (C=O) groups excluding carboxylic acids is 1. The Balaban J connectivity index is 3.83. The summed E-state index contributed by atoms with van der Waals surface area (Å²) in [5.41, 5.74) is 0. The van der Waals surface area contributed by atoms with E-state index in [1.165, 1.54) is 122 Å². The Bertz CT molecular complexity index is 340. The highest BCUT2D eigenvalue weighted by Crippen LogP contribution is 2.20. The van der Waals surface area contributed by atoms with Crippen molar-refractivity contribution in [2.45, 2.75) is 162 Å². The van der Waals surface area contributed by atoms with Crippen LogP contribution in [0.25, 0.3) is 0 Å². The molecular formula is C28H56O2. The maximum atomic E-state index is 12.6. The molecule has 0 aliphatic heterocycles. The highest BCUT2D eigenvalue weighted by Gasteiger charge is 2.19. The molecule has 30 heavy (non-hydrogen) atoms. The summed E-state index contributed by atoms with van der Waals surface area (Å²) in [5.74, 6) is 0.239. The van der Waals surface area contributed by atoms with Crippen molar-refractivity contribution in [1.82, 2.24) is 0 Å². The van der Waals surface area contributed by atoms with E-state index in [1.54, 1.807) is 0 Å². The van der Waals surface area contributed by atoms with Crippen molar-refractivity contribution in [2.24, 2.45) is 5.92 Å². The van der Waals surface area contributed by atoms with E-state index in [9.17, 15) is 4.79 Å². The molecule has 0 bridgehead atoms. The second-order valence-electron chi connectivity index (χ2n) is 9.45. The van der Waals surface area contributed by atoms with Crippen molar-refractivity contribution in [3.05, 3.63) is 0 Å². The molecule has 1 atom stereocenters. The van der Waals surface area contributed by atoms with Crippen molar-refractivity contribution in [3.8, 4) is 0 Å². The molecule has 0 aromatic carbocycles. The van der Waals surface area contributed by atoms with Gasteiger partial charge in [0.05, 0.1) is 12.5 Å². The van der Waals surface area contributed by atoms with Gasteiger partial charge in [0.1, 0.15) is 0 Å². The van der Waals surface area contributed by atoms with Crippen LogP contribution >= 0.6 is 0 Å². The second kappa shape index (κ2) is 24.7. The smallest absolute Gasteiger partial charge is 0.308 e. The molecule has 0 amide bonds. The zero-order chi connectivity index (χ0) is 22.1. The van der Waals surface area contributed by atoms with E-state index in [0.29, 0.717) is 6.61 Å². The fourth-order valence-electron chi connectivity index (χ4n) is 4.25. The predicted molar refractivity (Wildman–Crippen MR) is 133 cm³/mol. The monoisotopic (exact) mass is 424 g/mol. The summed E-state index contributed by atoms with van der Waals surface area (Å²) < 4.78 is 5.67. The van der Waals surface area contributed by atoms with Gasteiger partial charge in [-0.2, -0.15) is 0 Å². The standard InChI is InChI=1S/C28H56O2/c1-4-7-10-12-14-15-16-17-19-22-25-27(24-21-9-6-3)28(29)30-26-23-20-18-13-11-8-5-2/h27H,4-26H2,1-3H3. The van der Waals surface area contributed by atoms with Crippen LogP contribution in [0.5, 0.6) is 0 Å². The van der Waals surface area contributed by atoms with Crippen LogP contribution in [0.15, 0.2) is 0 Å². The highest BCUT2D eigenvalue weighted by molar-refractivity contribution is 5.72. The number of carbonyl (C=O) groups is 1. The van der Waals surface area contributed by atoms with Gasteiger partial charge in [-0.3, -0.25) is 4.79 Å². The third kappa shape index (κ3) is 20.7. The Morgan fingerprint density at radius 2 is 0.833 bits per heavy atom. The zero-order valence-electron chi connectivity index (χ0n) is 21.2. The number of hydrogen-bond donors (Lipinski definition) is 0. The van der Waals surface area contributed by atoms with Crippen LogP contribution in [0.1, 0.15) is 162 Å². The summed E-state index contributed by atoms with van der Waals surface area (Å²) in [6.45, 7) is 7.40. The van der Waals surface area contributed by atoms with Gasteiger partial charge in [0.2, 0.25) is 0 Å². The Hall–Kier alpha value is -0.530. The van der Waals surface area contributed by atoms with Gasteiger partial charge in [-0.25, -0.2) is 0 Å². The first-order valence-corrected chi connectivity index (χ1v) is 13.9. The zero-order valence-corrected chi connectivity index (χ0v) is 21.2. The lowest BCUT2D eigenvalue weighted by atomic mass is 9.94. The normalized spacial score (nSPS) is 12.2. The molecule has 1 unspecified atom stereocenters. The predicted octanol–water partition coefficient (Wildman–Crippen LogP) is 9.79. The Morgan fingerprint density at radius 1 is 0.500 bits per heavy atom. The summed E-state index contributed by atoms with van der Waals surface area (Å²) in [4.78, 5) is 12.6. The first kappa shape index (κ1) is 29.5. The van der Waals surface area contributed by atoms with Crippen LogP contribution in [0.2, 0.25) is 0 Å².